The molecule has 1 aromatic carbocycles. The fourth-order valence-corrected chi connectivity index (χ4v) is 2.67. The van der Waals surface area contributed by atoms with Crippen molar-refractivity contribution in [2.45, 2.75) is 32.2 Å². The summed E-state index contributed by atoms with van der Waals surface area (Å²) in [6.07, 6.45) is 2.80. The molecule has 4 heteroatoms. The van der Waals surface area contributed by atoms with Crippen LogP contribution in [0, 0.1) is 18.3 Å². The number of nitriles is 1. The van der Waals surface area contributed by atoms with Crippen molar-refractivity contribution >= 4 is 21.8 Å². The Morgan fingerprint density at radius 3 is 3.00 bits per heavy atom. The topological polar surface area (TPSA) is 44.1 Å². The Bertz CT molecular complexity index is 507. The van der Waals surface area contributed by atoms with Gasteiger partial charge in [-0.3, -0.25) is 4.79 Å². The van der Waals surface area contributed by atoms with E-state index in [9.17, 15) is 4.79 Å². The van der Waals surface area contributed by atoms with Gasteiger partial charge in [0.1, 0.15) is 6.04 Å². The molecule has 0 bridgehead atoms. The molecule has 3 nitrogen and oxygen atoms in total. The van der Waals surface area contributed by atoms with Gasteiger partial charge in [0.15, 0.2) is 0 Å². The average molecular weight is 307 g/mol. The number of halogens is 1. The Labute approximate surface area is 116 Å². The van der Waals surface area contributed by atoms with E-state index in [0.29, 0.717) is 12.1 Å². The zero-order chi connectivity index (χ0) is 13.1. The van der Waals surface area contributed by atoms with Crippen molar-refractivity contribution in [3.63, 3.8) is 0 Å². The number of carbonyl (C=O) groups is 1. The third-order valence-corrected chi connectivity index (χ3v) is 4.27. The molecule has 1 aliphatic rings. The van der Waals surface area contributed by atoms with E-state index < -0.39 is 0 Å². The van der Waals surface area contributed by atoms with Crippen LogP contribution in [0.3, 0.4) is 0 Å². The van der Waals surface area contributed by atoms with Gasteiger partial charge in [0.05, 0.1) is 6.07 Å². The van der Waals surface area contributed by atoms with E-state index in [-0.39, 0.29) is 11.9 Å². The van der Waals surface area contributed by atoms with Gasteiger partial charge >= 0.3 is 0 Å². The fraction of sp³-hybridized carbons (Fsp3) is 0.429. The first-order valence-electron chi connectivity index (χ1n) is 6.11. The van der Waals surface area contributed by atoms with Gasteiger partial charge < -0.3 is 4.90 Å². The predicted octanol–water partition coefficient (Wildman–Crippen LogP) is 3.28. The number of piperidine rings is 1. The van der Waals surface area contributed by atoms with Gasteiger partial charge in [-0.2, -0.15) is 5.26 Å². The lowest BCUT2D eigenvalue weighted by atomic mass is 10.0. The standard InChI is InChI=1S/C14H15BrN2O/c1-10-12(6-4-7-13(10)15)14(18)17-8-3-2-5-11(17)9-16/h4,6-7,11H,2-3,5,8H2,1H3. The molecule has 1 heterocycles. The van der Waals surface area contributed by atoms with Crippen LogP contribution in [0.25, 0.3) is 0 Å². The highest BCUT2D eigenvalue weighted by Gasteiger charge is 2.28. The number of nitrogens with zero attached hydrogens (tertiary/aromatic N) is 2. The first kappa shape index (κ1) is 13.1. The van der Waals surface area contributed by atoms with Crippen LogP contribution in [0.1, 0.15) is 35.2 Å². The number of benzene rings is 1. The van der Waals surface area contributed by atoms with Crippen LogP contribution in [-0.4, -0.2) is 23.4 Å². The lowest BCUT2D eigenvalue weighted by Gasteiger charge is -2.31. The third-order valence-electron chi connectivity index (χ3n) is 3.41. The molecule has 1 fully saturated rings. The van der Waals surface area contributed by atoms with E-state index in [2.05, 4.69) is 22.0 Å². The van der Waals surface area contributed by atoms with Crippen molar-refractivity contribution in [3.05, 3.63) is 33.8 Å². The predicted molar refractivity (Wildman–Crippen MR) is 73.2 cm³/mol. The lowest BCUT2D eigenvalue weighted by Crippen LogP contribution is -2.43. The van der Waals surface area contributed by atoms with E-state index in [0.717, 1.165) is 29.3 Å². The molecular weight excluding hydrogens is 292 g/mol. The maximum atomic E-state index is 12.5. The summed E-state index contributed by atoms with van der Waals surface area (Å²) in [4.78, 5) is 14.2. The maximum absolute atomic E-state index is 12.5. The molecule has 1 saturated heterocycles. The summed E-state index contributed by atoms with van der Waals surface area (Å²) < 4.78 is 0.930. The lowest BCUT2D eigenvalue weighted by molar-refractivity contribution is 0.0670. The molecule has 1 unspecified atom stereocenters. The number of likely N-dealkylation sites (tertiary alicyclic amines) is 1. The van der Waals surface area contributed by atoms with Gasteiger partial charge in [0.25, 0.3) is 5.91 Å². The molecule has 0 aromatic heterocycles. The van der Waals surface area contributed by atoms with Crippen molar-refractivity contribution in [2.75, 3.05) is 6.54 Å². The van der Waals surface area contributed by atoms with Crippen LogP contribution in [-0.2, 0) is 0 Å². The zero-order valence-corrected chi connectivity index (χ0v) is 11.9. The Morgan fingerprint density at radius 1 is 1.50 bits per heavy atom. The van der Waals surface area contributed by atoms with E-state index in [4.69, 9.17) is 5.26 Å². The summed E-state index contributed by atoms with van der Waals surface area (Å²) in [7, 11) is 0. The van der Waals surface area contributed by atoms with Gasteiger partial charge in [0.2, 0.25) is 0 Å². The summed E-state index contributed by atoms with van der Waals surface area (Å²) in [5, 5.41) is 9.13. The number of rotatable bonds is 1. The second-order valence-electron chi connectivity index (χ2n) is 4.55. The number of hydrogen-bond acceptors (Lipinski definition) is 2. The fourth-order valence-electron chi connectivity index (χ4n) is 2.30. The Hall–Kier alpha value is -1.34. The Kier molecular flexibility index (Phi) is 4.03. The summed E-state index contributed by atoms with van der Waals surface area (Å²) in [5.41, 5.74) is 1.62. The molecule has 1 atom stereocenters. The molecule has 0 radical (unpaired) electrons. The highest BCUT2D eigenvalue weighted by molar-refractivity contribution is 9.10. The summed E-state index contributed by atoms with van der Waals surface area (Å²) in [6, 6.07) is 7.56. The Morgan fingerprint density at radius 2 is 2.28 bits per heavy atom. The molecular formula is C14H15BrN2O. The second kappa shape index (κ2) is 5.53. The minimum Gasteiger partial charge on any atom is -0.323 e. The van der Waals surface area contributed by atoms with Gasteiger partial charge in [-0.05, 0) is 43.9 Å². The van der Waals surface area contributed by atoms with Crippen LogP contribution < -0.4 is 0 Å². The monoisotopic (exact) mass is 306 g/mol. The summed E-state index contributed by atoms with van der Waals surface area (Å²) in [5.74, 6) is -0.0277. The SMILES string of the molecule is Cc1c(Br)cccc1C(=O)N1CCCCC1C#N. The van der Waals surface area contributed by atoms with Gasteiger partial charge in [-0.1, -0.05) is 22.0 Å². The number of hydrogen-bond donors (Lipinski definition) is 0. The highest BCUT2D eigenvalue weighted by Crippen LogP contribution is 2.24. The van der Waals surface area contributed by atoms with Crippen molar-refractivity contribution in [2.24, 2.45) is 0 Å². The number of carbonyl (C=O) groups excluding carboxylic acids is 1. The van der Waals surface area contributed by atoms with Crippen molar-refractivity contribution in [1.82, 2.24) is 4.90 Å². The molecule has 0 spiro atoms. The van der Waals surface area contributed by atoms with E-state index in [1.54, 1.807) is 4.90 Å². The average Bonchev–Trinajstić information content (AvgIpc) is 2.41. The maximum Gasteiger partial charge on any atom is 0.255 e. The van der Waals surface area contributed by atoms with Gasteiger partial charge in [0, 0.05) is 16.6 Å². The van der Waals surface area contributed by atoms with Crippen molar-refractivity contribution in [1.29, 1.82) is 5.26 Å². The Balaban J connectivity index is 2.30. The molecule has 0 saturated carbocycles. The van der Waals surface area contributed by atoms with E-state index in [1.807, 2.05) is 25.1 Å². The third kappa shape index (κ3) is 2.41. The summed E-state index contributed by atoms with van der Waals surface area (Å²) >= 11 is 3.43. The largest absolute Gasteiger partial charge is 0.323 e. The van der Waals surface area contributed by atoms with Crippen LogP contribution in [0.5, 0.6) is 0 Å². The minimum absolute atomic E-state index is 0.0277. The molecule has 18 heavy (non-hydrogen) atoms. The van der Waals surface area contributed by atoms with Crippen LogP contribution in [0.2, 0.25) is 0 Å². The van der Waals surface area contributed by atoms with Crippen LogP contribution >= 0.6 is 15.9 Å². The first-order valence-corrected chi connectivity index (χ1v) is 6.90. The number of amides is 1. The van der Waals surface area contributed by atoms with E-state index >= 15 is 0 Å². The second-order valence-corrected chi connectivity index (χ2v) is 5.41. The molecule has 1 aliphatic heterocycles. The van der Waals surface area contributed by atoms with Gasteiger partial charge in [-0.15, -0.1) is 0 Å². The first-order chi connectivity index (χ1) is 8.65. The molecule has 94 valence electrons. The van der Waals surface area contributed by atoms with Crippen molar-refractivity contribution in [3.8, 4) is 6.07 Å². The molecule has 1 amide bonds. The normalized spacial score (nSPS) is 19.4. The quantitative estimate of drug-likeness (QED) is 0.799. The van der Waals surface area contributed by atoms with Crippen LogP contribution in [0.15, 0.2) is 22.7 Å². The zero-order valence-electron chi connectivity index (χ0n) is 10.3. The molecule has 2 rings (SSSR count). The molecule has 0 aliphatic carbocycles. The van der Waals surface area contributed by atoms with Crippen molar-refractivity contribution < 1.29 is 4.79 Å². The van der Waals surface area contributed by atoms with Gasteiger partial charge in [-0.25, -0.2) is 0 Å². The molecule has 1 aromatic rings. The minimum atomic E-state index is -0.273. The highest BCUT2D eigenvalue weighted by atomic mass is 79.9. The van der Waals surface area contributed by atoms with Crippen LogP contribution in [0.4, 0.5) is 0 Å². The molecule has 0 N–H and O–H groups in total. The smallest absolute Gasteiger partial charge is 0.255 e. The van der Waals surface area contributed by atoms with E-state index in [1.165, 1.54) is 0 Å². The summed E-state index contributed by atoms with van der Waals surface area (Å²) in [6.45, 7) is 2.60.